The molecular formula is C13H25NO2. The van der Waals surface area contributed by atoms with Crippen LogP contribution in [0.2, 0.25) is 0 Å². The Morgan fingerprint density at radius 3 is 2.94 bits per heavy atom. The van der Waals surface area contributed by atoms with Crippen molar-refractivity contribution in [3.05, 3.63) is 12.2 Å². The van der Waals surface area contributed by atoms with Crippen LogP contribution in [0.15, 0.2) is 12.2 Å². The van der Waals surface area contributed by atoms with Gasteiger partial charge in [-0.2, -0.15) is 0 Å². The van der Waals surface area contributed by atoms with Crippen LogP contribution < -0.4 is 5.32 Å². The summed E-state index contributed by atoms with van der Waals surface area (Å²) in [7, 11) is 1.70. The fourth-order valence-electron chi connectivity index (χ4n) is 1.84. The van der Waals surface area contributed by atoms with Gasteiger partial charge in [0.2, 0.25) is 0 Å². The molecule has 1 N–H and O–H groups in total. The Hall–Kier alpha value is -0.380. The first-order chi connectivity index (χ1) is 7.93. The van der Waals surface area contributed by atoms with Crippen molar-refractivity contribution in [1.29, 1.82) is 0 Å². The molecule has 1 rings (SSSR count). The molecule has 1 unspecified atom stereocenters. The Balaban J connectivity index is 1.80. The van der Waals surface area contributed by atoms with E-state index in [4.69, 9.17) is 9.47 Å². The smallest absolute Gasteiger partial charge is 0.0700 e. The molecule has 16 heavy (non-hydrogen) atoms. The van der Waals surface area contributed by atoms with Gasteiger partial charge in [-0.05, 0) is 38.6 Å². The lowest BCUT2D eigenvalue weighted by Crippen LogP contribution is -2.29. The molecule has 0 aliphatic heterocycles. The topological polar surface area (TPSA) is 30.5 Å². The molecule has 0 spiro atoms. The summed E-state index contributed by atoms with van der Waals surface area (Å²) < 4.78 is 10.3. The maximum absolute atomic E-state index is 5.40. The van der Waals surface area contributed by atoms with Gasteiger partial charge < -0.3 is 14.8 Å². The third kappa shape index (κ3) is 6.99. The van der Waals surface area contributed by atoms with E-state index in [9.17, 15) is 0 Å². The molecule has 0 amide bonds. The third-order valence-electron chi connectivity index (χ3n) is 2.81. The molecule has 0 aromatic rings. The van der Waals surface area contributed by atoms with Gasteiger partial charge in [0, 0.05) is 19.8 Å². The predicted molar refractivity (Wildman–Crippen MR) is 66.7 cm³/mol. The van der Waals surface area contributed by atoms with Gasteiger partial charge >= 0.3 is 0 Å². The highest BCUT2D eigenvalue weighted by Gasteiger charge is 2.05. The number of hydrogen-bond acceptors (Lipinski definition) is 3. The summed E-state index contributed by atoms with van der Waals surface area (Å²) in [6, 6.07) is 0.614. The van der Waals surface area contributed by atoms with E-state index in [1.807, 2.05) is 0 Å². The Morgan fingerprint density at radius 2 is 2.19 bits per heavy atom. The van der Waals surface area contributed by atoms with Gasteiger partial charge in [-0.1, -0.05) is 12.2 Å². The molecule has 0 saturated carbocycles. The molecule has 1 atom stereocenters. The summed E-state index contributed by atoms with van der Waals surface area (Å²) in [6.07, 6.45) is 10.8. The zero-order chi connectivity index (χ0) is 11.5. The van der Waals surface area contributed by atoms with Crippen molar-refractivity contribution in [2.45, 2.75) is 38.1 Å². The monoisotopic (exact) mass is 227 g/mol. The zero-order valence-corrected chi connectivity index (χ0v) is 10.4. The van der Waals surface area contributed by atoms with Crippen LogP contribution in [0.4, 0.5) is 0 Å². The van der Waals surface area contributed by atoms with Crippen molar-refractivity contribution in [3.63, 3.8) is 0 Å². The molecule has 0 bridgehead atoms. The zero-order valence-electron chi connectivity index (χ0n) is 10.4. The SMILES string of the molecule is COCCOCCCCNC1C=CCCC1. The average Bonchev–Trinajstić information content (AvgIpc) is 2.34. The van der Waals surface area contributed by atoms with Gasteiger partial charge in [0.25, 0.3) is 0 Å². The minimum absolute atomic E-state index is 0.614. The molecule has 3 nitrogen and oxygen atoms in total. The van der Waals surface area contributed by atoms with Crippen LogP contribution in [0.25, 0.3) is 0 Å². The van der Waals surface area contributed by atoms with Crippen molar-refractivity contribution in [3.8, 4) is 0 Å². The maximum Gasteiger partial charge on any atom is 0.0700 e. The summed E-state index contributed by atoms with van der Waals surface area (Å²) in [6.45, 7) is 3.37. The van der Waals surface area contributed by atoms with Crippen LogP contribution >= 0.6 is 0 Å². The fraction of sp³-hybridized carbons (Fsp3) is 0.846. The first-order valence-electron chi connectivity index (χ1n) is 6.40. The second-order valence-corrected chi connectivity index (χ2v) is 4.23. The van der Waals surface area contributed by atoms with E-state index in [-0.39, 0.29) is 0 Å². The molecule has 1 aliphatic rings. The molecule has 94 valence electrons. The van der Waals surface area contributed by atoms with E-state index in [1.54, 1.807) is 7.11 Å². The van der Waals surface area contributed by atoms with Crippen LogP contribution in [-0.2, 0) is 9.47 Å². The maximum atomic E-state index is 5.40. The molecular weight excluding hydrogens is 202 g/mol. The highest BCUT2D eigenvalue weighted by molar-refractivity contribution is 4.97. The average molecular weight is 227 g/mol. The molecule has 0 saturated heterocycles. The van der Waals surface area contributed by atoms with Crippen molar-refractivity contribution < 1.29 is 9.47 Å². The first-order valence-corrected chi connectivity index (χ1v) is 6.40. The number of methoxy groups -OCH3 is 1. The summed E-state index contributed by atoms with van der Waals surface area (Å²) in [4.78, 5) is 0. The van der Waals surface area contributed by atoms with Gasteiger partial charge in [0.05, 0.1) is 13.2 Å². The van der Waals surface area contributed by atoms with Gasteiger partial charge in [-0.15, -0.1) is 0 Å². The van der Waals surface area contributed by atoms with Crippen molar-refractivity contribution in [2.24, 2.45) is 0 Å². The van der Waals surface area contributed by atoms with Crippen LogP contribution in [0.3, 0.4) is 0 Å². The second kappa shape index (κ2) is 9.82. The first kappa shape index (κ1) is 13.7. The highest BCUT2D eigenvalue weighted by Crippen LogP contribution is 2.09. The Morgan fingerprint density at radius 1 is 1.25 bits per heavy atom. The second-order valence-electron chi connectivity index (χ2n) is 4.23. The Kier molecular flexibility index (Phi) is 8.40. The van der Waals surface area contributed by atoms with E-state index in [0.29, 0.717) is 12.6 Å². The summed E-state index contributed by atoms with van der Waals surface area (Å²) in [5.74, 6) is 0. The molecule has 0 aromatic carbocycles. The van der Waals surface area contributed by atoms with Gasteiger partial charge in [-0.3, -0.25) is 0 Å². The Bertz CT molecular complexity index is 183. The van der Waals surface area contributed by atoms with Gasteiger partial charge in [0.1, 0.15) is 0 Å². The lowest BCUT2D eigenvalue weighted by atomic mass is 10.0. The normalized spacial score (nSPS) is 20.2. The Labute approximate surface area is 99.2 Å². The molecule has 0 radical (unpaired) electrons. The van der Waals surface area contributed by atoms with E-state index in [0.717, 1.165) is 26.2 Å². The van der Waals surface area contributed by atoms with E-state index < -0.39 is 0 Å². The standard InChI is InChI=1S/C13H25NO2/c1-15-11-12-16-10-6-5-9-14-13-7-3-2-4-8-13/h3,7,13-14H,2,4-6,8-12H2,1H3. The van der Waals surface area contributed by atoms with Crippen LogP contribution in [-0.4, -0.2) is 39.5 Å². The van der Waals surface area contributed by atoms with Crippen molar-refractivity contribution >= 4 is 0 Å². The van der Waals surface area contributed by atoms with Gasteiger partial charge in [0.15, 0.2) is 0 Å². The molecule has 3 heteroatoms. The minimum Gasteiger partial charge on any atom is -0.382 e. The van der Waals surface area contributed by atoms with Crippen LogP contribution in [0.1, 0.15) is 32.1 Å². The van der Waals surface area contributed by atoms with Gasteiger partial charge in [-0.25, -0.2) is 0 Å². The van der Waals surface area contributed by atoms with E-state index in [1.165, 1.54) is 25.7 Å². The summed E-state index contributed by atoms with van der Waals surface area (Å²) in [5, 5.41) is 3.56. The highest BCUT2D eigenvalue weighted by atomic mass is 16.5. The lowest BCUT2D eigenvalue weighted by molar-refractivity contribution is 0.0688. The number of unbranched alkanes of at least 4 members (excludes halogenated alkanes) is 1. The number of rotatable bonds is 9. The largest absolute Gasteiger partial charge is 0.382 e. The molecule has 0 heterocycles. The van der Waals surface area contributed by atoms with Crippen LogP contribution in [0.5, 0.6) is 0 Å². The van der Waals surface area contributed by atoms with Crippen LogP contribution in [0, 0.1) is 0 Å². The minimum atomic E-state index is 0.614. The number of nitrogens with one attached hydrogen (secondary N) is 1. The van der Waals surface area contributed by atoms with E-state index >= 15 is 0 Å². The molecule has 0 aromatic heterocycles. The fourth-order valence-corrected chi connectivity index (χ4v) is 1.84. The number of allylic oxidation sites excluding steroid dienone is 1. The predicted octanol–water partition coefficient (Wildman–Crippen LogP) is 2.13. The number of ether oxygens (including phenoxy) is 2. The molecule has 1 aliphatic carbocycles. The quantitative estimate of drug-likeness (QED) is 0.483. The summed E-state index contributed by atoms with van der Waals surface area (Å²) in [5.41, 5.74) is 0. The lowest BCUT2D eigenvalue weighted by Gasteiger charge is -2.17. The number of hydrogen-bond donors (Lipinski definition) is 1. The van der Waals surface area contributed by atoms with E-state index in [2.05, 4.69) is 17.5 Å². The third-order valence-corrected chi connectivity index (χ3v) is 2.81. The summed E-state index contributed by atoms with van der Waals surface area (Å²) >= 11 is 0. The molecule has 0 fully saturated rings. The van der Waals surface area contributed by atoms with Crippen molar-refractivity contribution in [1.82, 2.24) is 5.32 Å². The van der Waals surface area contributed by atoms with Crippen molar-refractivity contribution in [2.75, 3.05) is 33.5 Å².